The zero-order chi connectivity index (χ0) is 34.0. The van der Waals surface area contributed by atoms with Crippen molar-refractivity contribution >= 4 is 35.6 Å². The van der Waals surface area contributed by atoms with Gasteiger partial charge < -0.3 is 30.3 Å². The minimum atomic E-state index is -1.11. The van der Waals surface area contributed by atoms with Crippen molar-refractivity contribution in [2.45, 2.75) is 132 Å². The van der Waals surface area contributed by atoms with Crippen LogP contribution in [0.3, 0.4) is 0 Å². The summed E-state index contributed by atoms with van der Waals surface area (Å²) in [6, 6.07) is -2.96. The van der Waals surface area contributed by atoms with Gasteiger partial charge in [0.2, 0.25) is 17.6 Å². The molecule has 5 atom stereocenters. The van der Waals surface area contributed by atoms with Gasteiger partial charge in [0.25, 0.3) is 5.91 Å². The molecule has 250 valence electrons. The Morgan fingerprint density at radius 1 is 0.886 bits per heavy atom. The topological polar surface area (TPSA) is 160 Å². The Labute approximate surface area is 262 Å². The van der Waals surface area contributed by atoms with Gasteiger partial charge in [-0.15, -0.1) is 0 Å². The number of piperidine rings is 1. The molecule has 1 saturated heterocycles. The second-order valence-corrected chi connectivity index (χ2v) is 15.6. The molecule has 2 aliphatic rings. The quantitative estimate of drug-likeness (QED) is 0.234. The molecule has 0 aromatic rings. The molecule has 4 amide bonds. The summed E-state index contributed by atoms with van der Waals surface area (Å²) >= 11 is 0. The number of likely N-dealkylation sites (tertiary alicyclic amines) is 1. The number of ether oxygens (including phenoxy) is 2. The van der Waals surface area contributed by atoms with E-state index < -0.39 is 70.3 Å². The molecular weight excluding hydrogens is 568 g/mol. The van der Waals surface area contributed by atoms with E-state index in [2.05, 4.69) is 16.0 Å². The van der Waals surface area contributed by atoms with Crippen LogP contribution >= 0.6 is 0 Å². The van der Waals surface area contributed by atoms with E-state index in [1.54, 1.807) is 41.5 Å². The smallest absolute Gasteiger partial charge is 0.408 e. The van der Waals surface area contributed by atoms with Crippen molar-refractivity contribution in [3.8, 4) is 0 Å². The summed E-state index contributed by atoms with van der Waals surface area (Å²) in [5.41, 5.74) is -2.33. The molecular formula is C32H54N4O8. The molecule has 0 spiro atoms. The van der Waals surface area contributed by atoms with Crippen LogP contribution in [-0.4, -0.2) is 82.9 Å². The van der Waals surface area contributed by atoms with Crippen LogP contribution < -0.4 is 16.0 Å². The summed E-state index contributed by atoms with van der Waals surface area (Å²) in [7, 11) is 0. The van der Waals surface area contributed by atoms with Crippen molar-refractivity contribution in [2.75, 3.05) is 13.1 Å². The number of ketones is 1. The lowest BCUT2D eigenvalue weighted by molar-refractivity contribution is -0.154. The van der Waals surface area contributed by atoms with Crippen molar-refractivity contribution in [3.63, 3.8) is 0 Å². The first-order valence-electron chi connectivity index (χ1n) is 15.5. The van der Waals surface area contributed by atoms with Gasteiger partial charge in [0.1, 0.15) is 23.3 Å². The molecule has 1 unspecified atom stereocenters. The maximum absolute atomic E-state index is 14.0. The van der Waals surface area contributed by atoms with Crippen molar-refractivity contribution < 1.29 is 38.2 Å². The lowest BCUT2D eigenvalue weighted by Crippen LogP contribution is -2.60. The summed E-state index contributed by atoms with van der Waals surface area (Å²) in [5, 5.41) is 7.91. The maximum Gasteiger partial charge on any atom is 0.408 e. The molecule has 3 N–H and O–H groups in total. The summed E-state index contributed by atoms with van der Waals surface area (Å²) in [6.07, 6.45) is -0.112. The van der Waals surface area contributed by atoms with Gasteiger partial charge in [-0.3, -0.25) is 24.0 Å². The average Bonchev–Trinajstić information content (AvgIpc) is 3.17. The third-order valence-electron chi connectivity index (χ3n) is 8.00. The minimum absolute atomic E-state index is 0.0702. The summed E-state index contributed by atoms with van der Waals surface area (Å²) in [5.74, 6) is -3.25. The van der Waals surface area contributed by atoms with Crippen LogP contribution in [-0.2, 0) is 33.4 Å². The normalized spacial score (nSPS) is 22.2. The van der Waals surface area contributed by atoms with Crippen molar-refractivity contribution in [2.24, 2.45) is 22.7 Å². The molecule has 1 saturated carbocycles. The molecule has 12 nitrogen and oxygen atoms in total. The molecule has 1 aliphatic heterocycles. The number of nitrogens with zero attached hydrogens (tertiary/aromatic N) is 1. The predicted molar refractivity (Wildman–Crippen MR) is 164 cm³/mol. The van der Waals surface area contributed by atoms with Crippen molar-refractivity contribution in [1.29, 1.82) is 0 Å². The first-order valence-corrected chi connectivity index (χ1v) is 15.5. The zero-order valence-corrected chi connectivity index (χ0v) is 28.6. The number of amides is 4. The number of nitrogens with one attached hydrogen (secondary N) is 3. The highest BCUT2D eigenvalue weighted by atomic mass is 16.6. The highest BCUT2D eigenvalue weighted by Gasteiger charge is 2.70. The zero-order valence-electron chi connectivity index (χ0n) is 28.6. The number of carbonyl (C=O) groups excluding carboxylic acids is 6. The van der Waals surface area contributed by atoms with E-state index in [4.69, 9.17) is 9.47 Å². The second kappa shape index (κ2) is 13.4. The van der Waals surface area contributed by atoms with Crippen LogP contribution in [0.2, 0.25) is 0 Å². The van der Waals surface area contributed by atoms with Gasteiger partial charge in [-0.05, 0) is 70.6 Å². The number of alkyl carbamates (subject to hydrolysis) is 1. The third kappa shape index (κ3) is 9.66. The molecule has 1 heterocycles. The molecule has 0 aromatic carbocycles. The summed E-state index contributed by atoms with van der Waals surface area (Å²) in [4.78, 5) is 79.8. The second-order valence-electron chi connectivity index (χ2n) is 15.6. The van der Waals surface area contributed by atoms with E-state index in [9.17, 15) is 28.8 Å². The van der Waals surface area contributed by atoms with Gasteiger partial charge in [-0.2, -0.15) is 0 Å². The Balaban J connectivity index is 2.20. The molecule has 1 aliphatic carbocycles. The molecule has 0 bridgehead atoms. The predicted octanol–water partition coefficient (Wildman–Crippen LogP) is 3.11. The van der Waals surface area contributed by atoms with Crippen molar-refractivity contribution in [1.82, 2.24) is 20.9 Å². The van der Waals surface area contributed by atoms with Gasteiger partial charge in [-0.25, -0.2) is 4.79 Å². The fourth-order valence-electron chi connectivity index (χ4n) is 5.78. The monoisotopic (exact) mass is 622 g/mol. The van der Waals surface area contributed by atoms with Crippen LogP contribution in [0, 0.1) is 22.7 Å². The van der Waals surface area contributed by atoms with Crippen LogP contribution in [0.15, 0.2) is 0 Å². The molecule has 2 rings (SSSR count). The van der Waals surface area contributed by atoms with E-state index in [0.29, 0.717) is 13.0 Å². The third-order valence-corrected chi connectivity index (χ3v) is 8.00. The Kier molecular flexibility index (Phi) is 11.3. The van der Waals surface area contributed by atoms with Crippen LogP contribution in [0.5, 0.6) is 0 Å². The molecule has 2 fully saturated rings. The number of hydrogen-bond acceptors (Lipinski definition) is 8. The summed E-state index contributed by atoms with van der Waals surface area (Å²) < 4.78 is 10.6. The molecule has 0 radical (unpaired) electrons. The molecule has 44 heavy (non-hydrogen) atoms. The van der Waals surface area contributed by atoms with E-state index >= 15 is 0 Å². The minimum Gasteiger partial charge on any atom is -0.460 e. The van der Waals surface area contributed by atoms with E-state index in [1.807, 2.05) is 41.5 Å². The van der Waals surface area contributed by atoms with Crippen molar-refractivity contribution in [3.05, 3.63) is 0 Å². The first-order chi connectivity index (χ1) is 19.9. The number of carbonyl (C=O) groups is 6. The number of rotatable bonds is 11. The number of hydrogen-bond donors (Lipinski definition) is 3. The Morgan fingerprint density at radius 3 is 1.95 bits per heavy atom. The highest BCUT2D eigenvalue weighted by molar-refractivity contribution is 6.38. The fourth-order valence-corrected chi connectivity index (χ4v) is 5.78. The lowest BCUT2D eigenvalue weighted by Gasteiger charge is -2.38. The number of esters is 1. The summed E-state index contributed by atoms with van der Waals surface area (Å²) in [6.45, 7) is 22.0. The number of Topliss-reactive ketones (excluding diaryl/α,β-unsaturated/α-hetero) is 1. The maximum atomic E-state index is 14.0. The van der Waals surface area contributed by atoms with Gasteiger partial charge in [0.15, 0.2) is 0 Å². The van der Waals surface area contributed by atoms with E-state index in [0.717, 1.165) is 0 Å². The molecule has 0 aromatic heterocycles. The SMILES string of the molecule is CCCC(NC(=O)[C@@H]1[C@@H]2[C@H](CN1C(=O)[C@@H](NC(=O)OC(C)(C)C)C(C)(C)C)C2(C)C)C(=O)C(=O)NCCC(=O)OC(C)(C)C. The van der Waals surface area contributed by atoms with Crippen LogP contribution in [0.25, 0.3) is 0 Å². The average molecular weight is 623 g/mol. The van der Waals surface area contributed by atoms with Crippen LogP contribution in [0.4, 0.5) is 4.79 Å². The Hall–Kier alpha value is -3.18. The fraction of sp³-hybridized carbons (Fsp3) is 0.812. The standard InChI is InChI=1S/C32H54N4O8/c1-13-14-19(23(38)26(40)33-16-15-20(37)43-30(5,6)7)34-25(39)22-21-18(32(21,11)12)17-36(22)27(41)24(29(2,3)4)35-28(42)44-31(8,9)10/h18-19,21-22,24H,13-17H2,1-12H3,(H,33,40)(H,34,39)(H,35,42)/t18-,19?,21-,22-,24+/m0/s1. The van der Waals surface area contributed by atoms with Gasteiger partial charge in [0.05, 0.1) is 12.5 Å². The van der Waals surface area contributed by atoms with Crippen LogP contribution in [0.1, 0.15) is 102 Å². The largest absolute Gasteiger partial charge is 0.460 e. The Morgan fingerprint density at radius 2 is 1.45 bits per heavy atom. The lowest BCUT2D eigenvalue weighted by atomic mass is 9.85. The van der Waals surface area contributed by atoms with Gasteiger partial charge in [0, 0.05) is 13.1 Å². The highest BCUT2D eigenvalue weighted by Crippen LogP contribution is 2.65. The van der Waals surface area contributed by atoms with Gasteiger partial charge >= 0.3 is 12.1 Å². The van der Waals surface area contributed by atoms with E-state index in [-0.39, 0.29) is 36.6 Å². The van der Waals surface area contributed by atoms with Gasteiger partial charge in [-0.1, -0.05) is 48.0 Å². The first kappa shape index (κ1) is 37.0. The van der Waals surface area contributed by atoms with E-state index in [1.165, 1.54) is 4.90 Å². The number of fused-ring (bicyclic) bond motifs is 1. The molecule has 12 heteroatoms. The Bertz CT molecular complexity index is 1130.